The Labute approximate surface area is 163 Å². The van der Waals surface area contributed by atoms with Gasteiger partial charge in [-0.3, -0.25) is 4.90 Å². The number of para-hydroxylation sites is 1. The number of carbonyl (C=O) groups excluding carboxylic acids is 1. The number of aromatic nitrogens is 2. The molecule has 0 aliphatic carbocycles. The van der Waals surface area contributed by atoms with E-state index < -0.39 is 0 Å². The number of rotatable bonds is 3. The maximum Gasteiger partial charge on any atom is 0.326 e. The van der Waals surface area contributed by atoms with Crippen molar-refractivity contribution < 1.29 is 9.53 Å². The molecule has 27 heavy (non-hydrogen) atoms. The van der Waals surface area contributed by atoms with Crippen molar-refractivity contribution in [3.05, 3.63) is 35.5 Å². The van der Waals surface area contributed by atoms with Crippen molar-refractivity contribution in [2.75, 3.05) is 43.8 Å². The summed E-state index contributed by atoms with van der Waals surface area (Å²) in [5, 5.41) is 0.677. The molecular formula is C19H23N5O2S. The normalized spacial score (nSPS) is 19.0. The number of nitrogens with zero attached hydrogens (tertiary/aromatic N) is 5. The number of anilines is 2. The van der Waals surface area contributed by atoms with E-state index in [1.54, 1.807) is 19.1 Å². The predicted octanol–water partition coefficient (Wildman–Crippen LogP) is 3.16. The Bertz CT molecular complexity index is 890. The van der Waals surface area contributed by atoms with Crippen LogP contribution >= 0.6 is 11.8 Å². The Hall–Kier alpha value is -2.48. The van der Waals surface area contributed by atoms with E-state index in [1.807, 2.05) is 29.5 Å². The molecule has 2 aliphatic rings. The van der Waals surface area contributed by atoms with Gasteiger partial charge in [0, 0.05) is 38.0 Å². The molecule has 0 spiro atoms. The van der Waals surface area contributed by atoms with Crippen LogP contribution < -0.4 is 14.5 Å². The van der Waals surface area contributed by atoms with E-state index in [0.717, 1.165) is 35.5 Å². The van der Waals surface area contributed by atoms with Crippen molar-refractivity contribution in [1.82, 2.24) is 14.9 Å². The number of urea groups is 1. The van der Waals surface area contributed by atoms with Crippen LogP contribution in [0.2, 0.25) is 0 Å². The summed E-state index contributed by atoms with van der Waals surface area (Å²) in [5.41, 5.74) is 3.15. The zero-order valence-corrected chi connectivity index (χ0v) is 16.8. The van der Waals surface area contributed by atoms with Crippen LogP contribution in [0.3, 0.4) is 0 Å². The molecule has 1 aromatic heterocycles. The second-order valence-electron chi connectivity index (χ2n) is 6.80. The third-order valence-electron chi connectivity index (χ3n) is 5.30. The van der Waals surface area contributed by atoms with Crippen molar-refractivity contribution in [2.24, 2.45) is 0 Å². The predicted molar refractivity (Wildman–Crippen MR) is 107 cm³/mol. The maximum absolute atomic E-state index is 13.2. The average molecular weight is 385 g/mol. The maximum atomic E-state index is 13.2. The summed E-state index contributed by atoms with van der Waals surface area (Å²) in [6.45, 7) is 1.37. The summed E-state index contributed by atoms with van der Waals surface area (Å²) in [5.74, 6) is 1.54. The van der Waals surface area contributed by atoms with Gasteiger partial charge in [-0.15, -0.1) is 0 Å². The summed E-state index contributed by atoms with van der Waals surface area (Å²) in [4.78, 5) is 27.9. The van der Waals surface area contributed by atoms with E-state index in [-0.39, 0.29) is 12.1 Å². The topological polar surface area (TPSA) is 61.8 Å². The fourth-order valence-electron chi connectivity index (χ4n) is 3.95. The van der Waals surface area contributed by atoms with Crippen molar-refractivity contribution in [3.8, 4) is 5.75 Å². The van der Waals surface area contributed by atoms with Crippen LogP contribution in [-0.2, 0) is 6.54 Å². The minimum Gasteiger partial charge on any atom is -0.495 e. The van der Waals surface area contributed by atoms with Gasteiger partial charge in [0.15, 0.2) is 5.16 Å². The Morgan fingerprint density at radius 3 is 2.85 bits per heavy atom. The van der Waals surface area contributed by atoms with Gasteiger partial charge in [-0.2, -0.15) is 0 Å². The molecule has 8 heteroatoms. The van der Waals surface area contributed by atoms with Crippen LogP contribution in [0.5, 0.6) is 5.75 Å². The Balaban J connectivity index is 1.75. The SMILES string of the molecule is COc1cccc2c1N(C)CCC2N1Cc2cnc(SC)nc2N(C)C1=O. The average Bonchev–Trinajstić information content (AvgIpc) is 2.70. The summed E-state index contributed by atoms with van der Waals surface area (Å²) < 4.78 is 5.57. The molecule has 0 bridgehead atoms. The lowest BCUT2D eigenvalue weighted by Gasteiger charge is -2.43. The molecule has 0 saturated heterocycles. The van der Waals surface area contributed by atoms with Gasteiger partial charge in [-0.1, -0.05) is 23.9 Å². The Kier molecular flexibility index (Phi) is 4.59. The third-order valence-corrected chi connectivity index (χ3v) is 5.86. The second kappa shape index (κ2) is 6.92. The molecule has 0 fully saturated rings. The summed E-state index contributed by atoms with van der Waals surface area (Å²) in [6.07, 6.45) is 4.64. The number of hydrogen-bond donors (Lipinski definition) is 0. The van der Waals surface area contributed by atoms with E-state index in [0.29, 0.717) is 17.5 Å². The highest BCUT2D eigenvalue weighted by atomic mass is 32.2. The first-order valence-corrected chi connectivity index (χ1v) is 10.1. The van der Waals surface area contributed by atoms with Crippen molar-refractivity contribution in [3.63, 3.8) is 0 Å². The standard InChI is InChI=1S/C19H23N5O2S/c1-22-9-8-14(13-6-5-7-15(26-3)16(13)22)24-11-12-10-20-18(27-4)21-17(12)23(2)19(24)25/h5-7,10,14H,8-9,11H2,1-4H3. The van der Waals surface area contributed by atoms with Crippen LogP contribution in [-0.4, -0.2) is 54.9 Å². The van der Waals surface area contributed by atoms with Crippen molar-refractivity contribution >= 4 is 29.3 Å². The Morgan fingerprint density at radius 2 is 2.11 bits per heavy atom. The monoisotopic (exact) mass is 385 g/mol. The Morgan fingerprint density at radius 1 is 1.30 bits per heavy atom. The fourth-order valence-corrected chi connectivity index (χ4v) is 4.28. The summed E-state index contributed by atoms with van der Waals surface area (Å²) >= 11 is 1.48. The van der Waals surface area contributed by atoms with Crippen LogP contribution in [0.15, 0.2) is 29.6 Å². The minimum absolute atomic E-state index is 0.00498. The first-order valence-electron chi connectivity index (χ1n) is 8.87. The molecule has 1 aromatic carbocycles. The highest BCUT2D eigenvalue weighted by Gasteiger charge is 2.38. The third kappa shape index (κ3) is 2.88. The first-order chi connectivity index (χ1) is 13.0. The number of amides is 2. The second-order valence-corrected chi connectivity index (χ2v) is 7.57. The molecule has 3 heterocycles. The zero-order chi connectivity index (χ0) is 19.1. The van der Waals surface area contributed by atoms with E-state index >= 15 is 0 Å². The van der Waals surface area contributed by atoms with Gasteiger partial charge in [0.1, 0.15) is 11.6 Å². The molecule has 1 atom stereocenters. The molecule has 142 valence electrons. The number of hydrogen-bond acceptors (Lipinski definition) is 6. The van der Waals surface area contributed by atoms with Crippen LogP contribution in [0.4, 0.5) is 16.3 Å². The largest absolute Gasteiger partial charge is 0.495 e. The lowest BCUT2D eigenvalue weighted by atomic mass is 9.94. The van der Waals surface area contributed by atoms with Gasteiger partial charge in [0.25, 0.3) is 0 Å². The van der Waals surface area contributed by atoms with Gasteiger partial charge in [0.05, 0.1) is 25.4 Å². The first kappa shape index (κ1) is 17.9. The van der Waals surface area contributed by atoms with Crippen LogP contribution in [0.25, 0.3) is 0 Å². The van der Waals surface area contributed by atoms with Crippen LogP contribution in [0.1, 0.15) is 23.6 Å². The number of thioether (sulfide) groups is 1. The lowest BCUT2D eigenvalue weighted by molar-refractivity contribution is 0.168. The molecule has 2 amide bonds. The number of carbonyl (C=O) groups is 1. The molecule has 1 unspecified atom stereocenters. The van der Waals surface area contributed by atoms with Crippen LogP contribution in [0, 0.1) is 0 Å². The number of methoxy groups -OCH3 is 1. The fraction of sp³-hybridized carbons (Fsp3) is 0.421. The zero-order valence-electron chi connectivity index (χ0n) is 16.0. The molecule has 4 rings (SSSR count). The highest BCUT2D eigenvalue weighted by molar-refractivity contribution is 7.98. The number of benzene rings is 1. The van der Waals surface area contributed by atoms with Gasteiger partial charge in [-0.25, -0.2) is 14.8 Å². The molecule has 2 aliphatic heterocycles. The van der Waals surface area contributed by atoms with E-state index in [2.05, 4.69) is 28.0 Å². The number of fused-ring (bicyclic) bond motifs is 2. The van der Waals surface area contributed by atoms with Crippen molar-refractivity contribution in [1.29, 1.82) is 0 Å². The number of ether oxygens (including phenoxy) is 1. The molecule has 2 aromatic rings. The van der Waals surface area contributed by atoms with Gasteiger partial charge in [-0.05, 0) is 18.7 Å². The van der Waals surface area contributed by atoms with Gasteiger partial charge in [0.2, 0.25) is 0 Å². The molecular weight excluding hydrogens is 362 g/mol. The van der Waals surface area contributed by atoms with E-state index in [1.165, 1.54) is 11.8 Å². The molecule has 0 N–H and O–H groups in total. The van der Waals surface area contributed by atoms with E-state index in [4.69, 9.17) is 4.74 Å². The molecule has 0 saturated carbocycles. The van der Waals surface area contributed by atoms with Gasteiger partial charge < -0.3 is 14.5 Å². The summed E-state index contributed by atoms with van der Waals surface area (Å²) in [7, 11) is 5.53. The minimum atomic E-state index is -0.0309. The summed E-state index contributed by atoms with van der Waals surface area (Å²) in [6, 6.07) is 6.01. The smallest absolute Gasteiger partial charge is 0.326 e. The van der Waals surface area contributed by atoms with Crippen molar-refractivity contribution in [2.45, 2.75) is 24.2 Å². The quantitative estimate of drug-likeness (QED) is 0.597. The highest BCUT2D eigenvalue weighted by Crippen LogP contribution is 2.44. The molecule has 7 nitrogen and oxygen atoms in total. The van der Waals surface area contributed by atoms with E-state index in [9.17, 15) is 4.79 Å². The van der Waals surface area contributed by atoms with Gasteiger partial charge >= 0.3 is 6.03 Å². The molecule has 0 radical (unpaired) electrons. The lowest BCUT2D eigenvalue weighted by Crippen LogP contribution is -2.49.